The Bertz CT molecular complexity index is 309. The molecule has 1 aliphatic rings. The second-order valence-electron chi connectivity index (χ2n) is 7.02. The van der Waals surface area contributed by atoms with Crippen LogP contribution in [0.1, 0.15) is 96.8 Å². The van der Waals surface area contributed by atoms with Gasteiger partial charge >= 0.3 is 0 Å². The second kappa shape index (κ2) is 12.8. The molecule has 0 spiro atoms. The number of unbranched alkanes of at least 4 members (excludes halogenated alkanes) is 12. The lowest BCUT2D eigenvalue weighted by atomic mass is 10.0. The van der Waals surface area contributed by atoms with Crippen molar-refractivity contribution in [2.75, 3.05) is 0 Å². The maximum Gasteiger partial charge on any atom is 0.249 e. The predicted octanol–water partition coefficient (Wildman–Crippen LogP) is 4.08. The van der Waals surface area contributed by atoms with Crippen LogP contribution in [-0.4, -0.2) is 29.3 Å². The Kier molecular flexibility index (Phi) is 11.3. The lowest BCUT2D eigenvalue weighted by Gasteiger charge is -2.07. The molecule has 1 amide bonds. The molecule has 0 aliphatic carbocycles. The average Bonchev–Trinajstić information content (AvgIpc) is 3.32. The standard InChI is InChI=1S/C19H37NO3/c1-2-3-4-5-6-7-8-9-10-11-12-13-14-15-16(21)17-18(23-17)19(20)22/h16-18,21H,2-15H2,1H3,(H2,20,22)/t16?,17-,18-/m1/s1. The molecule has 4 nitrogen and oxygen atoms in total. The van der Waals surface area contributed by atoms with E-state index in [2.05, 4.69) is 6.92 Å². The van der Waals surface area contributed by atoms with Gasteiger partial charge in [0, 0.05) is 0 Å². The van der Waals surface area contributed by atoms with Gasteiger partial charge in [0.25, 0.3) is 0 Å². The molecule has 3 N–H and O–H groups in total. The van der Waals surface area contributed by atoms with Gasteiger partial charge in [-0.1, -0.05) is 90.4 Å². The molecule has 1 heterocycles. The first-order valence-corrected chi connectivity index (χ1v) is 9.79. The minimum absolute atomic E-state index is 0.343. The van der Waals surface area contributed by atoms with Crippen molar-refractivity contribution in [2.24, 2.45) is 5.73 Å². The number of epoxide rings is 1. The largest absolute Gasteiger partial charge is 0.390 e. The monoisotopic (exact) mass is 327 g/mol. The van der Waals surface area contributed by atoms with E-state index in [-0.39, 0.29) is 6.10 Å². The quantitative estimate of drug-likeness (QED) is 0.331. The van der Waals surface area contributed by atoms with Gasteiger partial charge in [-0.15, -0.1) is 0 Å². The van der Waals surface area contributed by atoms with E-state index in [4.69, 9.17) is 10.5 Å². The SMILES string of the molecule is CCCCCCCCCCCCCCCC(O)[C@H]1O[C@H]1C(N)=O. The molecule has 0 radical (unpaired) electrons. The zero-order chi connectivity index (χ0) is 16.9. The van der Waals surface area contributed by atoms with Gasteiger partial charge in [0.15, 0.2) is 6.10 Å². The van der Waals surface area contributed by atoms with E-state index in [1.807, 2.05) is 0 Å². The lowest BCUT2D eigenvalue weighted by molar-refractivity contribution is -0.119. The van der Waals surface area contributed by atoms with Crippen LogP contribution in [0.25, 0.3) is 0 Å². The summed E-state index contributed by atoms with van der Waals surface area (Å²) >= 11 is 0. The predicted molar refractivity (Wildman–Crippen MR) is 94.2 cm³/mol. The lowest BCUT2D eigenvalue weighted by Crippen LogP contribution is -2.25. The van der Waals surface area contributed by atoms with E-state index in [9.17, 15) is 9.90 Å². The number of hydrogen-bond donors (Lipinski definition) is 2. The Morgan fingerprint density at radius 2 is 1.35 bits per heavy atom. The van der Waals surface area contributed by atoms with E-state index in [1.54, 1.807) is 0 Å². The number of aliphatic hydroxyl groups is 1. The minimum atomic E-state index is -0.549. The van der Waals surface area contributed by atoms with Gasteiger partial charge in [-0.3, -0.25) is 4.79 Å². The van der Waals surface area contributed by atoms with E-state index in [0.29, 0.717) is 6.42 Å². The Balaban J connectivity index is 1.76. The van der Waals surface area contributed by atoms with Gasteiger partial charge < -0.3 is 15.6 Å². The van der Waals surface area contributed by atoms with Crippen molar-refractivity contribution >= 4 is 5.91 Å². The van der Waals surface area contributed by atoms with Crippen molar-refractivity contribution in [1.82, 2.24) is 0 Å². The third-order valence-electron chi connectivity index (χ3n) is 4.79. The second-order valence-corrected chi connectivity index (χ2v) is 7.02. The van der Waals surface area contributed by atoms with Crippen molar-refractivity contribution in [3.8, 4) is 0 Å². The van der Waals surface area contributed by atoms with Crippen LogP contribution in [-0.2, 0) is 9.53 Å². The molecule has 1 fully saturated rings. The highest BCUT2D eigenvalue weighted by atomic mass is 16.6. The smallest absolute Gasteiger partial charge is 0.249 e. The molecule has 0 saturated carbocycles. The van der Waals surface area contributed by atoms with Gasteiger partial charge in [0.05, 0.1) is 6.10 Å². The van der Waals surface area contributed by atoms with Gasteiger partial charge in [-0.2, -0.15) is 0 Å². The van der Waals surface area contributed by atoms with E-state index >= 15 is 0 Å². The Morgan fingerprint density at radius 1 is 0.913 bits per heavy atom. The summed E-state index contributed by atoms with van der Waals surface area (Å²) in [7, 11) is 0. The fourth-order valence-electron chi connectivity index (χ4n) is 3.18. The Labute approximate surface area is 142 Å². The number of primary amides is 1. The van der Waals surface area contributed by atoms with Crippen molar-refractivity contribution in [2.45, 2.75) is 115 Å². The molecule has 0 bridgehead atoms. The maximum atomic E-state index is 10.9. The summed E-state index contributed by atoms with van der Waals surface area (Å²) in [6, 6.07) is 0. The van der Waals surface area contributed by atoms with Gasteiger partial charge in [-0.25, -0.2) is 0 Å². The van der Waals surface area contributed by atoms with Crippen LogP contribution in [0.3, 0.4) is 0 Å². The van der Waals surface area contributed by atoms with Gasteiger partial charge in [-0.05, 0) is 6.42 Å². The molecule has 4 heteroatoms. The minimum Gasteiger partial charge on any atom is -0.390 e. The van der Waals surface area contributed by atoms with Crippen LogP contribution >= 0.6 is 0 Å². The highest BCUT2D eigenvalue weighted by Crippen LogP contribution is 2.27. The maximum absolute atomic E-state index is 10.9. The number of amides is 1. The van der Waals surface area contributed by atoms with Crippen LogP contribution in [0.2, 0.25) is 0 Å². The fourth-order valence-corrected chi connectivity index (χ4v) is 3.18. The number of carbonyl (C=O) groups is 1. The Morgan fingerprint density at radius 3 is 1.74 bits per heavy atom. The van der Waals surface area contributed by atoms with Crippen molar-refractivity contribution in [3.63, 3.8) is 0 Å². The van der Waals surface area contributed by atoms with Crippen molar-refractivity contribution in [1.29, 1.82) is 0 Å². The highest BCUT2D eigenvalue weighted by Gasteiger charge is 2.48. The summed E-state index contributed by atoms with van der Waals surface area (Å²) in [6.45, 7) is 2.26. The molecular weight excluding hydrogens is 290 g/mol. The molecule has 0 aromatic heterocycles. The van der Waals surface area contributed by atoms with Gasteiger partial charge in [0.2, 0.25) is 5.91 Å². The zero-order valence-corrected chi connectivity index (χ0v) is 15.0. The van der Waals surface area contributed by atoms with Crippen molar-refractivity contribution in [3.05, 3.63) is 0 Å². The molecule has 1 aliphatic heterocycles. The van der Waals surface area contributed by atoms with Crippen LogP contribution < -0.4 is 5.73 Å². The molecule has 0 aromatic carbocycles. The van der Waals surface area contributed by atoms with Crippen LogP contribution in [0.5, 0.6) is 0 Å². The summed E-state index contributed by atoms with van der Waals surface area (Å²) in [5.41, 5.74) is 5.13. The molecule has 0 aromatic rings. The third-order valence-corrected chi connectivity index (χ3v) is 4.79. The van der Waals surface area contributed by atoms with Crippen LogP contribution in [0.4, 0.5) is 0 Å². The molecule has 136 valence electrons. The molecular formula is C19H37NO3. The van der Waals surface area contributed by atoms with E-state index < -0.39 is 18.1 Å². The summed E-state index contributed by atoms with van der Waals surface area (Å²) in [5, 5.41) is 9.85. The number of nitrogens with two attached hydrogens (primary N) is 1. The highest BCUT2D eigenvalue weighted by molar-refractivity contribution is 5.81. The molecule has 3 atom stereocenters. The zero-order valence-electron chi connectivity index (χ0n) is 15.0. The first kappa shape index (κ1) is 20.4. The topological polar surface area (TPSA) is 75.8 Å². The molecule has 1 saturated heterocycles. The number of ether oxygens (including phenoxy) is 1. The van der Waals surface area contributed by atoms with E-state index in [0.717, 1.165) is 12.8 Å². The average molecular weight is 328 g/mol. The number of rotatable bonds is 16. The summed E-state index contributed by atoms with van der Waals surface area (Å²) in [4.78, 5) is 10.9. The molecule has 1 rings (SSSR count). The molecule has 1 unspecified atom stereocenters. The van der Waals surface area contributed by atoms with Crippen LogP contribution in [0, 0.1) is 0 Å². The fraction of sp³-hybridized carbons (Fsp3) is 0.947. The normalized spacial score (nSPS) is 21.3. The number of aliphatic hydroxyl groups excluding tert-OH is 1. The number of carbonyl (C=O) groups excluding carboxylic acids is 1. The summed E-state index contributed by atoms with van der Waals surface area (Å²) in [6.07, 6.45) is 16.5. The third kappa shape index (κ3) is 9.98. The summed E-state index contributed by atoms with van der Waals surface area (Å²) < 4.78 is 5.08. The van der Waals surface area contributed by atoms with E-state index in [1.165, 1.54) is 70.6 Å². The van der Waals surface area contributed by atoms with Crippen molar-refractivity contribution < 1.29 is 14.6 Å². The molecule has 23 heavy (non-hydrogen) atoms. The van der Waals surface area contributed by atoms with Crippen LogP contribution in [0.15, 0.2) is 0 Å². The summed E-state index contributed by atoms with van der Waals surface area (Å²) in [5.74, 6) is -0.459. The number of hydrogen-bond acceptors (Lipinski definition) is 3. The first-order valence-electron chi connectivity index (χ1n) is 9.79. The van der Waals surface area contributed by atoms with Gasteiger partial charge in [0.1, 0.15) is 6.10 Å². The first-order chi connectivity index (χ1) is 11.2. The Hall–Kier alpha value is -0.610.